The van der Waals surface area contributed by atoms with Crippen molar-refractivity contribution in [2.45, 2.75) is 13.1 Å². The molecule has 0 nitrogen and oxygen atoms in total. The van der Waals surface area contributed by atoms with Crippen LogP contribution < -0.4 is 5.19 Å². The Morgan fingerprint density at radius 2 is 1.75 bits per heavy atom. The van der Waals surface area contributed by atoms with E-state index in [0.29, 0.717) is 0 Å². The van der Waals surface area contributed by atoms with Gasteiger partial charge in [-0.25, -0.2) is 0 Å². The molecule has 0 aliphatic rings. The molecule has 0 amide bonds. The van der Waals surface area contributed by atoms with E-state index < -0.39 is 8.07 Å². The topological polar surface area (TPSA) is 0 Å². The van der Waals surface area contributed by atoms with Crippen LogP contribution in [0.1, 0.15) is 0 Å². The highest BCUT2D eigenvalue weighted by Crippen LogP contribution is 2.00. The van der Waals surface area contributed by atoms with Gasteiger partial charge in [0, 0.05) is 0 Å². The van der Waals surface area contributed by atoms with Gasteiger partial charge in [0.1, 0.15) is 0 Å². The van der Waals surface area contributed by atoms with Gasteiger partial charge in [0.2, 0.25) is 0 Å². The number of benzene rings is 1. The molecule has 1 rings (SSSR count). The first-order chi connectivity index (χ1) is 5.67. The molecule has 1 aromatic carbocycles. The molecule has 0 heterocycles. The molecule has 0 saturated carbocycles. The maximum Gasteiger partial charge on any atom is 0.166 e. The van der Waals surface area contributed by atoms with E-state index in [1.165, 1.54) is 11.4 Å². The summed E-state index contributed by atoms with van der Waals surface area (Å²) in [6.07, 6.45) is 1.52. The zero-order valence-electron chi connectivity index (χ0n) is 7.26. The summed E-state index contributed by atoms with van der Waals surface area (Å²) in [7, 11) is -1.82. The van der Waals surface area contributed by atoms with Gasteiger partial charge in [-0.15, -0.1) is 4.39 Å². The van der Waals surface area contributed by atoms with Crippen LogP contribution in [0.5, 0.6) is 0 Å². The molecule has 0 saturated heterocycles. The first kappa shape index (κ1) is 9.02. The molecule has 0 atom stereocenters. The summed E-state index contributed by atoms with van der Waals surface area (Å²) in [4.78, 5) is 0. The van der Waals surface area contributed by atoms with Crippen molar-refractivity contribution in [3.8, 4) is 11.7 Å². The van der Waals surface area contributed by atoms with Gasteiger partial charge >= 0.3 is 0 Å². The molecule has 0 aromatic heterocycles. The molecule has 1 aromatic rings. The highest BCUT2D eigenvalue weighted by atomic mass is 28.3. The minimum absolute atomic E-state index is 1.18. The normalized spacial score (nSPS) is 10.2. The van der Waals surface area contributed by atoms with Crippen LogP contribution in [-0.2, 0) is 0 Å². The summed E-state index contributed by atoms with van der Waals surface area (Å²) in [5.74, 6) is 0. The molecule has 0 aliphatic carbocycles. The van der Waals surface area contributed by atoms with E-state index in [4.69, 9.17) is 0 Å². The van der Waals surface area contributed by atoms with E-state index in [1.807, 2.05) is 43.4 Å². The number of hydrogen-bond acceptors (Lipinski definition) is 0. The minimum Gasteiger partial charge on any atom is -0.145 e. The predicted molar refractivity (Wildman–Crippen MR) is 52.4 cm³/mol. The van der Waals surface area contributed by atoms with Gasteiger partial charge in [-0.2, -0.15) is 0 Å². The second-order valence-electron chi connectivity index (χ2n) is 3.21. The van der Waals surface area contributed by atoms with E-state index in [2.05, 4.69) is 5.54 Å². The Hall–Kier alpha value is -1.07. The van der Waals surface area contributed by atoms with Crippen LogP contribution in [0.15, 0.2) is 30.3 Å². The first-order valence-corrected chi connectivity index (χ1v) is 6.85. The van der Waals surface area contributed by atoms with Crippen LogP contribution in [0.2, 0.25) is 13.1 Å². The van der Waals surface area contributed by atoms with Gasteiger partial charge < -0.3 is 0 Å². The van der Waals surface area contributed by atoms with E-state index in [0.717, 1.165) is 0 Å². The third-order valence-electron chi connectivity index (χ3n) is 1.86. The van der Waals surface area contributed by atoms with Crippen molar-refractivity contribution in [1.29, 1.82) is 0 Å². The second-order valence-corrected chi connectivity index (χ2v) is 7.29. The quantitative estimate of drug-likeness (QED) is 0.456. The maximum absolute atomic E-state index is 11.8. The zero-order valence-corrected chi connectivity index (χ0v) is 8.26. The largest absolute Gasteiger partial charge is 0.166 e. The van der Waals surface area contributed by atoms with E-state index in [-0.39, 0.29) is 0 Å². The highest BCUT2D eigenvalue weighted by molar-refractivity contribution is 6.96. The third-order valence-corrected chi connectivity index (χ3v) is 4.35. The van der Waals surface area contributed by atoms with Crippen LogP contribution in [0.3, 0.4) is 0 Å². The SMILES string of the molecule is C[Si](C)(C#CF)c1ccccc1. The van der Waals surface area contributed by atoms with Crippen molar-refractivity contribution in [2.75, 3.05) is 0 Å². The van der Waals surface area contributed by atoms with Gasteiger partial charge in [0.05, 0.1) is 6.17 Å². The number of hydrogen-bond donors (Lipinski definition) is 0. The molecule has 0 unspecified atom stereocenters. The second kappa shape index (κ2) is 3.55. The highest BCUT2D eigenvalue weighted by Gasteiger charge is 2.20. The minimum atomic E-state index is -1.82. The lowest BCUT2D eigenvalue weighted by Gasteiger charge is -2.13. The van der Waals surface area contributed by atoms with Gasteiger partial charge in [0.15, 0.2) is 8.07 Å². The number of rotatable bonds is 1. The molecule has 62 valence electrons. The Bertz CT molecular complexity index is 306. The van der Waals surface area contributed by atoms with Gasteiger partial charge in [-0.05, 0) is 5.19 Å². The van der Waals surface area contributed by atoms with Crippen molar-refractivity contribution >= 4 is 13.3 Å². The van der Waals surface area contributed by atoms with Crippen LogP contribution >= 0.6 is 0 Å². The van der Waals surface area contributed by atoms with E-state index in [1.54, 1.807) is 0 Å². The monoisotopic (exact) mass is 178 g/mol. The Kier molecular flexibility index (Phi) is 2.67. The first-order valence-electron chi connectivity index (χ1n) is 3.85. The summed E-state index contributed by atoms with van der Waals surface area (Å²) in [6, 6.07) is 9.90. The Balaban J connectivity index is 3.03. The maximum atomic E-state index is 11.8. The third kappa shape index (κ3) is 1.96. The molecular weight excluding hydrogens is 167 g/mol. The molecule has 0 bridgehead atoms. The van der Waals surface area contributed by atoms with Crippen molar-refractivity contribution in [3.05, 3.63) is 30.3 Å². The smallest absolute Gasteiger partial charge is 0.145 e. The fraction of sp³-hybridized carbons (Fsp3) is 0.200. The van der Waals surface area contributed by atoms with Gasteiger partial charge in [-0.1, -0.05) is 49.0 Å². The summed E-state index contributed by atoms with van der Waals surface area (Å²) in [5.41, 5.74) is 2.66. The van der Waals surface area contributed by atoms with Crippen LogP contribution in [0.4, 0.5) is 4.39 Å². The van der Waals surface area contributed by atoms with Gasteiger partial charge in [-0.3, -0.25) is 0 Å². The van der Waals surface area contributed by atoms with Crippen LogP contribution in [0.25, 0.3) is 0 Å². The average Bonchev–Trinajstić information content (AvgIpc) is 2.06. The Morgan fingerprint density at radius 3 is 2.25 bits per heavy atom. The lowest BCUT2D eigenvalue weighted by molar-refractivity contribution is 0.774. The lowest BCUT2D eigenvalue weighted by atomic mass is 10.4. The average molecular weight is 178 g/mol. The standard InChI is InChI=1S/C10H11FSi/c1-12(2,9-8-11)10-6-4-3-5-7-10/h3-7H,1-2H3. The van der Waals surface area contributed by atoms with Crippen LogP contribution in [0, 0.1) is 11.7 Å². The van der Waals surface area contributed by atoms with Crippen molar-refractivity contribution < 1.29 is 4.39 Å². The summed E-state index contributed by atoms with van der Waals surface area (Å²) >= 11 is 0. The Labute approximate surface area is 73.4 Å². The van der Waals surface area contributed by atoms with Crippen molar-refractivity contribution in [2.24, 2.45) is 0 Å². The molecule has 2 heteroatoms. The predicted octanol–water partition coefficient (Wildman–Crippen LogP) is 2.07. The van der Waals surface area contributed by atoms with E-state index in [9.17, 15) is 4.39 Å². The number of halogens is 1. The van der Waals surface area contributed by atoms with Crippen LogP contribution in [-0.4, -0.2) is 8.07 Å². The molecule has 0 N–H and O–H groups in total. The summed E-state index contributed by atoms with van der Waals surface area (Å²) in [6.45, 7) is 4.07. The molecular formula is C10H11FSi. The molecule has 12 heavy (non-hydrogen) atoms. The lowest BCUT2D eigenvalue weighted by Crippen LogP contribution is -2.39. The fourth-order valence-electron chi connectivity index (χ4n) is 1.05. The van der Waals surface area contributed by atoms with Gasteiger partial charge in [0.25, 0.3) is 0 Å². The summed E-state index contributed by atoms with van der Waals surface area (Å²) in [5, 5.41) is 1.18. The Morgan fingerprint density at radius 1 is 1.17 bits per heavy atom. The fourth-order valence-corrected chi connectivity index (χ4v) is 2.45. The summed E-state index contributed by atoms with van der Waals surface area (Å²) < 4.78 is 11.8. The molecule has 0 radical (unpaired) electrons. The molecule has 0 aliphatic heterocycles. The zero-order chi connectivity index (χ0) is 9.03. The van der Waals surface area contributed by atoms with Crippen molar-refractivity contribution in [3.63, 3.8) is 0 Å². The van der Waals surface area contributed by atoms with Crippen molar-refractivity contribution in [1.82, 2.24) is 0 Å². The molecule has 0 fully saturated rings. The molecule has 0 spiro atoms. The van der Waals surface area contributed by atoms with E-state index >= 15 is 0 Å².